The largest absolute Gasteiger partial charge is 0.307 e. The van der Waals surface area contributed by atoms with Crippen molar-refractivity contribution in [3.05, 3.63) is 95.2 Å². The molecule has 3 aromatic heterocycles. The SMILES string of the molecule is Cc1cc(C)c2c(c1C)c1c3c(ccc4c5cccc(C)c5n2c43)c(-c2ccccc2)c[n+]1C. The number of pyridine rings is 2. The van der Waals surface area contributed by atoms with Gasteiger partial charge in [-0.05, 0) is 55.5 Å². The van der Waals surface area contributed by atoms with Crippen LogP contribution in [0.3, 0.4) is 0 Å². The second-order valence-corrected chi connectivity index (χ2v) is 9.92. The molecule has 0 radical (unpaired) electrons. The molecule has 0 aliphatic carbocycles. The number of fused-ring (bicyclic) bond motifs is 6. The third-order valence-electron chi connectivity index (χ3n) is 7.91. The third-order valence-corrected chi connectivity index (χ3v) is 7.91. The lowest BCUT2D eigenvalue weighted by atomic mass is 9.92. The standard InChI is InChI=1S/C32H27N2/c1-18-10-9-13-24-25-15-14-23-26(22-11-7-6-8-12-22)17-33(5)32-27-21(4)19(2)16-20(3)30(27)34(29(18)24)31(25)28(23)32/h6-17H,1-5H3/q+1. The fourth-order valence-corrected chi connectivity index (χ4v) is 6.32. The van der Waals surface area contributed by atoms with Gasteiger partial charge in [-0.3, -0.25) is 0 Å². The molecule has 164 valence electrons. The summed E-state index contributed by atoms with van der Waals surface area (Å²) in [6.07, 6.45) is 2.32. The van der Waals surface area contributed by atoms with Gasteiger partial charge in [0.05, 0.1) is 32.9 Å². The maximum Gasteiger partial charge on any atom is 0.224 e. The first kappa shape index (κ1) is 19.5. The Morgan fingerprint density at radius 3 is 2.15 bits per heavy atom. The minimum atomic E-state index is 1.26. The number of aryl methyl sites for hydroxylation is 5. The maximum atomic E-state index is 2.57. The Balaban J connectivity index is 1.91. The molecular weight excluding hydrogens is 412 g/mol. The van der Waals surface area contributed by atoms with Crippen LogP contribution in [-0.4, -0.2) is 4.40 Å². The first-order chi connectivity index (χ1) is 16.5. The summed E-state index contributed by atoms with van der Waals surface area (Å²) in [5.74, 6) is 0. The molecule has 4 aromatic carbocycles. The van der Waals surface area contributed by atoms with Crippen LogP contribution >= 0.6 is 0 Å². The second kappa shape index (κ2) is 6.57. The summed E-state index contributed by atoms with van der Waals surface area (Å²) in [5, 5.41) is 6.71. The van der Waals surface area contributed by atoms with E-state index in [1.54, 1.807) is 0 Å². The fraction of sp³-hybridized carbons (Fsp3) is 0.156. The molecule has 0 bridgehead atoms. The lowest BCUT2D eigenvalue weighted by molar-refractivity contribution is -0.643. The monoisotopic (exact) mass is 439 g/mol. The molecule has 0 N–H and O–H groups in total. The van der Waals surface area contributed by atoms with E-state index in [1.165, 1.54) is 82.4 Å². The number of aromatic nitrogens is 2. The second-order valence-electron chi connectivity index (χ2n) is 9.92. The van der Waals surface area contributed by atoms with Crippen molar-refractivity contribution >= 4 is 49.0 Å². The summed E-state index contributed by atoms with van der Waals surface area (Å²) >= 11 is 0. The van der Waals surface area contributed by atoms with Crippen molar-refractivity contribution in [1.29, 1.82) is 0 Å². The topological polar surface area (TPSA) is 8.29 Å². The van der Waals surface area contributed by atoms with Gasteiger partial charge in [-0.2, -0.15) is 4.57 Å². The fourth-order valence-electron chi connectivity index (χ4n) is 6.32. The number of nitrogens with zero attached hydrogens (tertiary/aromatic N) is 2. The van der Waals surface area contributed by atoms with Gasteiger partial charge in [0.15, 0.2) is 6.20 Å². The van der Waals surface area contributed by atoms with E-state index >= 15 is 0 Å². The van der Waals surface area contributed by atoms with Crippen LogP contribution in [0.2, 0.25) is 0 Å². The molecule has 0 atom stereocenters. The van der Waals surface area contributed by atoms with Gasteiger partial charge in [-0.25, -0.2) is 0 Å². The highest BCUT2D eigenvalue weighted by molar-refractivity contribution is 6.29. The van der Waals surface area contributed by atoms with E-state index < -0.39 is 0 Å². The van der Waals surface area contributed by atoms with Gasteiger partial charge in [0.25, 0.3) is 0 Å². The van der Waals surface area contributed by atoms with Gasteiger partial charge in [-0.15, -0.1) is 0 Å². The zero-order valence-electron chi connectivity index (χ0n) is 20.3. The molecular formula is C32H27N2+. The number of rotatable bonds is 1. The van der Waals surface area contributed by atoms with Crippen LogP contribution in [0.4, 0.5) is 0 Å². The molecule has 2 nitrogen and oxygen atoms in total. The molecule has 0 amide bonds. The molecule has 0 aliphatic heterocycles. The van der Waals surface area contributed by atoms with Crippen LogP contribution in [0.1, 0.15) is 22.3 Å². The summed E-state index contributed by atoms with van der Waals surface area (Å²) < 4.78 is 4.93. The zero-order chi connectivity index (χ0) is 23.3. The van der Waals surface area contributed by atoms with Gasteiger partial charge in [0.2, 0.25) is 5.52 Å². The van der Waals surface area contributed by atoms with E-state index in [-0.39, 0.29) is 0 Å². The Morgan fingerprint density at radius 1 is 0.618 bits per heavy atom. The molecule has 0 spiro atoms. The van der Waals surface area contributed by atoms with Crippen LogP contribution in [0, 0.1) is 27.7 Å². The van der Waals surface area contributed by atoms with Gasteiger partial charge in [0, 0.05) is 16.2 Å². The first-order valence-corrected chi connectivity index (χ1v) is 12.0. The van der Waals surface area contributed by atoms with Crippen molar-refractivity contribution in [2.24, 2.45) is 7.05 Å². The van der Waals surface area contributed by atoms with Crippen molar-refractivity contribution < 1.29 is 4.57 Å². The summed E-state index contributed by atoms with van der Waals surface area (Å²) in [6, 6.07) is 24.6. The molecule has 2 heteroatoms. The highest BCUT2D eigenvalue weighted by Crippen LogP contribution is 2.44. The summed E-state index contributed by atoms with van der Waals surface area (Å²) in [5.41, 5.74) is 13.2. The number of benzene rings is 4. The molecule has 0 aliphatic rings. The highest BCUT2D eigenvalue weighted by atomic mass is 15.0. The van der Waals surface area contributed by atoms with Crippen LogP contribution in [0.15, 0.2) is 72.9 Å². The Morgan fingerprint density at radius 2 is 1.35 bits per heavy atom. The molecule has 0 saturated heterocycles. The average molecular weight is 440 g/mol. The Hall–Kier alpha value is -3.91. The van der Waals surface area contributed by atoms with E-state index in [9.17, 15) is 0 Å². The van der Waals surface area contributed by atoms with E-state index in [0.29, 0.717) is 0 Å². The van der Waals surface area contributed by atoms with Crippen molar-refractivity contribution in [1.82, 2.24) is 4.40 Å². The van der Waals surface area contributed by atoms with Crippen LogP contribution < -0.4 is 4.57 Å². The minimum absolute atomic E-state index is 1.26. The van der Waals surface area contributed by atoms with Crippen LogP contribution in [-0.2, 0) is 7.05 Å². The number of hydrogen-bond acceptors (Lipinski definition) is 0. The lowest BCUT2D eigenvalue weighted by Crippen LogP contribution is -2.30. The summed E-state index contributed by atoms with van der Waals surface area (Å²) in [7, 11) is 2.21. The average Bonchev–Trinajstić information content (AvgIpc) is 3.18. The summed E-state index contributed by atoms with van der Waals surface area (Å²) in [4.78, 5) is 0. The van der Waals surface area contributed by atoms with E-state index in [0.717, 1.165) is 0 Å². The third kappa shape index (κ3) is 2.28. The maximum absolute atomic E-state index is 2.57. The van der Waals surface area contributed by atoms with Gasteiger partial charge in [-0.1, -0.05) is 66.7 Å². The van der Waals surface area contributed by atoms with Crippen molar-refractivity contribution in [3.8, 4) is 11.1 Å². The Labute approximate surface area is 199 Å². The van der Waals surface area contributed by atoms with Crippen molar-refractivity contribution in [3.63, 3.8) is 0 Å². The lowest BCUT2D eigenvalue weighted by Gasteiger charge is -2.17. The molecule has 0 unspecified atom stereocenters. The van der Waals surface area contributed by atoms with Crippen LogP contribution in [0.25, 0.3) is 60.1 Å². The summed E-state index contributed by atoms with van der Waals surface area (Å²) in [6.45, 7) is 9.04. The van der Waals surface area contributed by atoms with E-state index in [4.69, 9.17) is 0 Å². The molecule has 7 rings (SSSR count). The molecule has 0 fully saturated rings. The highest BCUT2D eigenvalue weighted by Gasteiger charge is 2.27. The predicted molar refractivity (Wildman–Crippen MR) is 144 cm³/mol. The normalized spacial score (nSPS) is 12.3. The molecule has 7 aromatic rings. The van der Waals surface area contributed by atoms with E-state index in [2.05, 4.69) is 117 Å². The predicted octanol–water partition coefficient (Wildman–Crippen LogP) is 7.72. The smallest absolute Gasteiger partial charge is 0.224 e. The van der Waals surface area contributed by atoms with Crippen molar-refractivity contribution in [2.45, 2.75) is 27.7 Å². The van der Waals surface area contributed by atoms with Gasteiger partial charge >= 0.3 is 0 Å². The molecule has 3 heterocycles. The molecule has 0 saturated carbocycles. The Bertz CT molecular complexity index is 1940. The number of para-hydroxylation sites is 1. The van der Waals surface area contributed by atoms with E-state index in [1.807, 2.05) is 0 Å². The number of hydrogen-bond donors (Lipinski definition) is 0. The van der Waals surface area contributed by atoms with Gasteiger partial charge < -0.3 is 4.40 Å². The van der Waals surface area contributed by atoms with Crippen molar-refractivity contribution in [2.75, 3.05) is 0 Å². The Kier molecular flexibility index (Phi) is 3.78. The quantitative estimate of drug-likeness (QED) is 0.141. The van der Waals surface area contributed by atoms with Gasteiger partial charge in [0.1, 0.15) is 7.05 Å². The van der Waals surface area contributed by atoms with Crippen LogP contribution in [0.5, 0.6) is 0 Å². The minimum Gasteiger partial charge on any atom is -0.307 e. The molecule has 34 heavy (non-hydrogen) atoms. The zero-order valence-corrected chi connectivity index (χ0v) is 20.3. The first-order valence-electron chi connectivity index (χ1n) is 12.0.